The van der Waals surface area contributed by atoms with Crippen molar-refractivity contribution in [2.45, 2.75) is 24.0 Å². The predicted molar refractivity (Wildman–Crippen MR) is 139 cm³/mol. The Morgan fingerprint density at radius 2 is 1.50 bits per heavy atom. The number of rotatable bonds is 6. The van der Waals surface area contributed by atoms with Crippen LogP contribution >= 0.6 is 31.9 Å². The van der Waals surface area contributed by atoms with E-state index in [-0.39, 0.29) is 6.61 Å². The van der Waals surface area contributed by atoms with Crippen molar-refractivity contribution in [3.8, 4) is 0 Å². The summed E-state index contributed by atoms with van der Waals surface area (Å²) < 4.78 is 7.69. The summed E-state index contributed by atoms with van der Waals surface area (Å²) in [4.78, 5) is 16.9. The molecular weight excluding hydrogens is 558 g/mol. The summed E-state index contributed by atoms with van der Waals surface area (Å²) in [6, 6.07) is 29.1. The SMILES string of the molecule is [N-]=[N+]=N[C@@]1(c2ccc3ccccc3c2)C[C@]1(C(=O)OCc1ccc(Br)cc1)c1ccc(Br)cc1. The van der Waals surface area contributed by atoms with Gasteiger partial charge in [0.2, 0.25) is 0 Å². The Hall–Kier alpha value is -3.12. The number of carbonyl (C=O) groups is 1. The van der Waals surface area contributed by atoms with Gasteiger partial charge in [-0.2, -0.15) is 0 Å². The van der Waals surface area contributed by atoms with Gasteiger partial charge in [0.15, 0.2) is 0 Å². The summed E-state index contributed by atoms with van der Waals surface area (Å²) in [5.41, 5.74) is 9.80. The van der Waals surface area contributed by atoms with Crippen molar-refractivity contribution in [2.24, 2.45) is 5.11 Å². The quantitative estimate of drug-likeness (QED) is 0.101. The third-order valence-corrected chi connectivity index (χ3v) is 7.57. The van der Waals surface area contributed by atoms with E-state index < -0.39 is 16.9 Å². The average molecular weight is 577 g/mol. The lowest BCUT2D eigenvalue weighted by molar-refractivity contribution is -0.148. The van der Waals surface area contributed by atoms with E-state index in [0.29, 0.717) is 6.42 Å². The molecule has 0 amide bonds. The van der Waals surface area contributed by atoms with Crippen LogP contribution < -0.4 is 0 Å². The Bertz CT molecular complexity index is 1430. The molecule has 1 aliphatic carbocycles. The first-order valence-corrected chi connectivity index (χ1v) is 12.3. The van der Waals surface area contributed by atoms with Crippen molar-refractivity contribution in [1.82, 2.24) is 0 Å². The van der Waals surface area contributed by atoms with E-state index >= 15 is 0 Å². The summed E-state index contributed by atoms with van der Waals surface area (Å²) in [5, 5.41) is 6.35. The maximum atomic E-state index is 13.8. The second kappa shape index (κ2) is 8.91. The van der Waals surface area contributed by atoms with Gasteiger partial charge in [0.05, 0.1) is 5.54 Å². The van der Waals surface area contributed by atoms with Gasteiger partial charge in [-0.05, 0) is 63.7 Å². The van der Waals surface area contributed by atoms with Gasteiger partial charge in [0.25, 0.3) is 0 Å². The summed E-state index contributed by atoms with van der Waals surface area (Å²) in [6.07, 6.45) is 0.337. The van der Waals surface area contributed by atoms with Crippen molar-refractivity contribution in [2.75, 3.05) is 0 Å². The van der Waals surface area contributed by atoms with Gasteiger partial charge < -0.3 is 4.74 Å². The molecule has 4 aromatic carbocycles. The number of halogens is 2. The molecule has 7 heteroatoms. The minimum atomic E-state index is -1.11. The highest BCUT2D eigenvalue weighted by Gasteiger charge is 2.74. The number of hydrogen-bond donors (Lipinski definition) is 0. The molecule has 0 spiro atoms. The third kappa shape index (κ3) is 3.80. The number of hydrogen-bond acceptors (Lipinski definition) is 3. The smallest absolute Gasteiger partial charge is 0.317 e. The molecular formula is C27H19Br2N3O2. The number of carbonyl (C=O) groups excluding carboxylic acids is 1. The lowest BCUT2D eigenvalue weighted by atomic mass is 9.86. The Morgan fingerprint density at radius 3 is 2.18 bits per heavy atom. The standard InChI is InChI=1S/C27H19Br2N3O2/c28-23-11-5-18(6-12-23)16-34-25(33)26(21-9-13-24(29)14-10-21)17-27(26,31-32-30)22-8-7-19-3-1-2-4-20(19)15-22/h1-15H,16-17H2/t26-,27-/m1/s1. The first-order chi connectivity index (χ1) is 16.5. The molecule has 0 heterocycles. The Balaban J connectivity index is 1.58. The van der Waals surface area contributed by atoms with Crippen LogP contribution in [0.1, 0.15) is 23.1 Å². The van der Waals surface area contributed by atoms with Crippen LogP contribution in [0.2, 0.25) is 0 Å². The molecule has 0 radical (unpaired) electrons. The lowest BCUT2D eigenvalue weighted by Gasteiger charge is -2.23. The summed E-state index contributed by atoms with van der Waals surface area (Å²) in [5.74, 6) is -0.404. The Labute approximate surface area is 213 Å². The van der Waals surface area contributed by atoms with E-state index in [4.69, 9.17) is 4.74 Å². The predicted octanol–water partition coefficient (Wildman–Crippen LogP) is 7.96. The number of azide groups is 1. The molecule has 0 unspecified atom stereocenters. The fourth-order valence-electron chi connectivity index (χ4n) is 4.68. The van der Waals surface area contributed by atoms with Crippen molar-refractivity contribution in [1.29, 1.82) is 0 Å². The zero-order valence-electron chi connectivity index (χ0n) is 18.0. The van der Waals surface area contributed by atoms with Crippen LogP contribution in [0.25, 0.3) is 21.2 Å². The zero-order valence-corrected chi connectivity index (χ0v) is 21.2. The van der Waals surface area contributed by atoms with Gasteiger partial charge in [-0.25, -0.2) is 0 Å². The van der Waals surface area contributed by atoms with E-state index in [9.17, 15) is 10.3 Å². The van der Waals surface area contributed by atoms with Crippen LogP contribution in [-0.2, 0) is 27.1 Å². The molecule has 5 rings (SSSR count). The Morgan fingerprint density at radius 1 is 0.882 bits per heavy atom. The molecule has 4 aromatic rings. The average Bonchev–Trinajstić information content (AvgIpc) is 3.54. The molecule has 168 valence electrons. The normalized spacial score (nSPS) is 21.0. The minimum absolute atomic E-state index is 0.133. The van der Waals surface area contributed by atoms with Crippen molar-refractivity contribution in [3.63, 3.8) is 0 Å². The van der Waals surface area contributed by atoms with E-state index in [1.54, 1.807) is 0 Å². The lowest BCUT2D eigenvalue weighted by Crippen LogP contribution is -2.31. The molecule has 0 N–H and O–H groups in total. The fraction of sp³-hybridized carbons (Fsp3) is 0.148. The van der Waals surface area contributed by atoms with Crippen LogP contribution in [-0.4, -0.2) is 5.97 Å². The van der Waals surface area contributed by atoms with Gasteiger partial charge in [0, 0.05) is 13.9 Å². The number of nitrogens with zero attached hydrogens (tertiary/aromatic N) is 3. The van der Waals surface area contributed by atoms with E-state index in [1.807, 2.05) is 91.0 Å². The van der Waals surface area contributed by atoms with Crippen LogP contribution in [0.5, 0.6) is 0 Å². The fourth-order valence-corrected chi connectivity index (χ4v) is 5.20. The van der Waals surface area contributed by atoms with Crippen LogP contribution in [0.15, 0.2) is 105 Å². The van der Waals surface area contributed by atoms with Crippen LogP contribution in [0, 0.1) is 0 Å². The first-order valence-electron chi connectivity index (χ1n) is 10.7. The van der Waals surface area contributed by atoms with E-state index in [0.717, 1.165) is 36.4 Å². The molecule has 0 aliphatic heterocycles. The summed E-state index contributed by atoms with van der Waals surface area (Å²) in [7, 11) is 0. The van der Waals surface area contributed by atoms with Gasteiger partial charge in [-0.15, -0.1) is 0 Å². The topological polar surface area (TPSA) is 75.1 Å². The first kappa shape index (κ1) is 22.7. The molecule has 5 nitrogen and oxygen atoms in total. The van der Waals surface area contributed by atoms with Crippen molar-refractivity contribution < 1.29 is 9.53 Å². The second-order valence-electron chi connectivity index (χ2n) is 8.40. The molecule has 0 bridgehead atoms. The number of benzene rings is 4. The van der Waals surface area contributed by atoms with Gasteiger partial charge >= 0.3 is 5.97 Å². The monoisotopic (exact) mass is 575 g/mol. The molecule has 1 fully saturated rings. The molecule has 1 saturated carbocycles. The highest BCUT2D eigenvalue weighted by Crippen LogP contribution is 2.67. The third-order valence-electron chi connectivity index (χ3n) is 6.51. The molecule has 0 aromatic heterocycles. The molecule has 1 aliphatic rings. The summed E-state index contributed by atoms with van der Waals surface area (Å²) in [6.45, 7) is 0.133. The summed E-state index contributed by atoms with van der Waals surface area (Å²) >= 11 is 6.89. The number of esters is 1. The molecule has 34 heavy (non-hydrogen) atoms. The van der Waals surface area contributed by atoms with Gasteiger partial charge in [0.1, 0.15) is 12.0 Å². The van der Waals surface area contributed by atoms with Crippen molar-refractivity contribution in [3.05, 3.63) is 127 Å². The molecule has 2 atom stereocenters. The zero-order chi connectivity index (χ0) is 23.8. The highest BCUT2D eigenvalue weighted by atomic mass is 79.9. The molecule has 0 saturated heterocycles. The maximum absolute atomic E-state index is 13.8. The minimum Gasteiger partial charge on any atom is -0.460 e. The highest BCUT2D eigenvalue weighted by molar-refractivity contribution is 9.10. The second-order valence-corrected chi connectivity index (χ2v) is 10.2. The van der Waals surface area contributed by atoms with Gasteiger partial charge in [-0.1, -0.05) is 104 Å². The van der Waals surface area contributed by atoms with E-state index in [1.165, 1.54) is 0 Å². The van der Waals surface area contributed by atoms with Crippen LogP contribution in [0.4, 0.5) is 0 Å². The maximum Gasteiger partial charge on any atom is 0.317 e. The van der Waals surface area contributed by atoms with Crippen molar-refractivity contribution >= 4 is 48.6 Å². The largest absolute Gasteiger partial charge is 0.460 e. The number of ether oxygens (including phenoxy) is 1. The van der Waals surface area contributed by atoms with Crippen LogP contribution in [0.3, 0.4) is 0 Å². The number of fused-ring (bicyclic) bond motifs is 1. The van der Waals surface area contributed by atoms with Gasteiger partial charge in [-0.3, -0.25) is 4.79 Å². The van der Waals surface area contributed by atoms with E-state index in [2.05, 4.69) is 41.9 Å². The Kier molecular flexibility index (Phi) is 5.94.